The SMILES string of the molecule is CCCCCCCCCCCCCCCCCC(=O)N(CCCNc1ccccc1)C[C@H]1O[C@H](OC)[C@@H](N)[C@@H](O)[C@@H]1O. The normalized spacial score (nSPS) is 22.3. The number of ether oxygens (including phenoxy) is 2. The molecule has 0 aliphatic carbocycles. The molecule has 1 saturated heterocycles. The van der Waals surface area contributed by atoms with Crippen LogP contribution in [0.25, 0.3) is 0 Å². The molecule has 2 rings (SSSR count). The van der Waals surface area contributed by atoms with Gasteiger partial charge in [-0.1, -0.05) is 115 Å². The number of benzene rings is 1. The van der Waals surface area contributed by atoms with Crippen LogP contribution in [0.15, 0.2) is 30.3 Å². The zero-order chi connectivity index (χ0) is 30.4. The molecule has 1 amide bonds. The molecule has 0 saturated carbocycles. The Morgan fingerprint density at radius 3 is 1.95 bits per heavy atom. The Kier molecular flexibility index (Phi) is 19.8. The van der Waals surface area contributed by atoms with Gasteiger partial charge in [-0.15, -0.1) is 0 Å². The van der Waals surface area contributed by atoms with Gasteiger partial charge < -0.3 is 35.6 Å². The maximum atomic E-state index is 13.3. The minimum atomic E-state index is -1.19. The van der Waals surface area contributed by atoms with Gasteiger partial charge in [0.2, 0.25) is 5.91 Å². The van der Waals surface area contributed by atoms with E-state index in [1.807, 2.05) is 30.3 Å². The fourth-order valence-electron chi connectivity index (χ4n) is 5.72. The molecule has 8 nitrogen and oxygen atoms in total. The summed E-state index contributed by atoms with van der Waals surface area (Å²) >= 11 is 0. The van der Waals surface area contributed by atoms with Crippen LogP contribution in [0.4, 0.5) is 5.69 Å². The number of aliphatic hydroxyl groups is 2. The first-order valence-electron chi connectivity index (χ1n) is 16.8. The second kappa shape index (κ2) is 22.8. The highest BCUT2D eigenvalue weighted by Gasteiger charge is 2.43. The van der Waals surface area contributed by atoms with Gasteiger partial charge in [-0.05, 0) is 25.0 Å². The number of hydrogen-bond donors (Lipinski definition) is 4. The van der Waals surface area contributed by atoms with Crippen LogP contribution >= 0.6 is 0 Å². The number of para-hydroxylation sites is 1. The van der Waals surface area contributed by atoms with Crippen molar-refractivity contribution in [2.75, 3.05) is 32.1 Å². The maximum absolute atomic E-state index is 13.3. The van der Waals surface area contributed by atoms with Crippen LogP contribution in [0.2, 0.25) is 0 Å². The van der Waals surface area contributed by atoms with E-state index >= 15 is 0 Å². The van der Waals surface area contributed by atoms with Gasteiger partial charge in [0, 0.05) is 38.9 Å². The number of nitrogens with zero attached hydrogens (tertiary/aromatic N) is 1. The Morgan fingerprint density at radius 2 is 1.40 bits per heavy atom. The van der Waals surface area contributed by atoms with E-state index in [1.165, 1.54) is 84.2 Å². The summed E-state index contributed by atoms with van der Waals surface area (Å²) < 4.78 is 11.1. The van der Waals surface area contributed by atoms with E-state index in [0.29, 0.717) is 13.0 Å². The summed E-state index contributed by atoms with van der Waals surface area (Å²) in [6.45, 7) is 3.71. The highest BCUT2D eigenvalue weighted by molar-refractivity contribution is 5.76. The monoisotopic (exact) mass is 591 g/mol. The number of carbonyl (C=O) groups excluding carboxylic acids is 1. The number of unbranched alkanes of at least 4 members (excludes halogenated alkanes) is 14. The number of carbonyl (C=O) groups is 1. The number of nitrogens with two attached hydrogens (primary N) is 1. The van der Waals surface area contributed by atoms with Crippen LogP contribution in [0, 0.1) is 0 Å². The van der Waals surface area contributed by atoms with Crippen molar-refractivity contribution in [2.24, 2.45) is 5.73 Å². The molecule has 0 unspecified atom stereocenters. The van der Waals surface area contributed by atoms with Crippen molar-refractivity contribution in [3.05, 3.63) is 30.3 Å². The number of amides is 1. The molecule has 8 heteroatoms. The molecule has 1 aliphatic heterocycles. The average molecular weight is 592 g/mol. The number of aliphatic hydroxyl groups excluding tert-OH is 2. The molecular formula is C34H61N3O5. The molecule has 1 fully saturated rings. The van der Waals surface area contributed by atoms with E-state index in [1.54, 1.807) is 4.90 Å². The van der Waals surface area contributed by atoms with Crippen molar-refractivity contribution in [1.29, 1.82) is 0 Å². The third-order valence-electron chi connectivity index (χ3n) is 8.44. The van der Waals surface area contributed by atoms with Crippen molar-refractivity contribution in [2.45, 2.75) is 147 Å². The van der Waals surface area contributed by atoms with Crippen molar-refractivity contribution >= 4 is 11.6 Å². The summed E-state index contributed by atoms with van der Waals surface area (Å²) in [5.41, 5.74) is 6.99. The number of anilines is 1. The van der Waals surface area contributed by atoms with Crippen LogP contribution in [0.3, 0.4) is 0 Å². The molecule has 5 atom stereocenters. The van der Waals surface area contributed by atoms with E-state index in [0.717, 1.165) is 37.9 Å². The highest BCUT2D eigenvalue weighted by Crippen LogP contribution is 2.22. The number of hydrogen-bond acceptors (Lipinski definition) is 7. The molecule has 0 spiro atoms. The van der Waals surface area contributed by atoms with E-state index < -0.39 is 30.6 Å². The van der Waals surface area contributed by atoms with Gasteiger partial charge in [0.25, 0.3) is 0 Å². The largest absolute Gasteiger partial charge is 0.388 e. The van der Waals surface area contributed by atoms with Crippen molar-refractivity contribution in [3.63, 3.8) is 0 Å². The topological polar surface area (TPSA) is 117 Å². The predicted octanol–water partition coefficient (Wildman–Crippen LogP) is 6.00. The molecule has 1 heterocycles. The van der Waals surface area contributed by atoms with Gasteiger partial charge in [0.1, 0.15) is 18.3 Å². The van der Waals surface area contributed by atoms with Gasteiger partial charge in [-0.25, -0.2) is 0 Å². The van der Waals surface area contributed by atoms with E-state index in [9.17, 15) is 15.0 Å². The summed E-state index contributed by atoms with van der Waals surface area (Å²) in [4.78, 5) is 15.0. The van der Waals surface area contributed by atoms with E-state index in [-0.39, 0.29) is 12.5 Å². The van der Waals surface area contributed by atoms with Crippen molar-refractivity contribution in [3.8, 4) is 0 Å². The third kappa shape index (κ3) is 14.6. The van der Waals surface area contributed by atoms with E-state index in [2.05, 4.69) is 12.2 Å². The van der Waals surface area contributed by atoms with Crippen LogP contribution in [-0.2, 0) is 14.3 Å². The number of rotatable bonds is 24. The summed E-state index contributed by atoms with van der Waals surface area (Å²) in [5, 5.41) is 24.4. The first-order valence-corrected chi connectivity index (χ1v) is 16.8. The fourth-order valence-corrected chi connectivity index (χ4v) is 5.72. The lowest BCUT2D eigenvalue weighted by molar-refractivity contribution is -0.254. The molecule has 1 aromatic carbocycles. The minimum Gasteiger partial charge on any atom is -0.388 e. The van der Waals surface area contributed by atoms with Crippen LogP contribution in [0.1, 0.15) is 116 Å². The van der Waals surface area contributed by atoms with Crippen LogP contribution in [0.5, 0.6) is 0 Å². The molecular weight excluding hydrogens is 530 g/mol. The Balaban J connectivity index is 1.68. The highest BCUT2D eigenvalue weighted by atomic mass is 16.7. The molecule has 0 bridgehead atoms. The maximum Gasteiger partial charge on any atom is 0.222 e. The van der Waals surface area contributed by atoms with Crippen molar-refractivity contribution in [1.82, 2.24) is 4.90 Å². The summed E-state index contributed by atoms with van der Waals surface area (Å²) in [7, 11) is 1.46. The Morgan fingerprint density at radius 1 is 0.857 bits per heavy atom. The Labute approximate surface area is 255 Å². The molecule has 1 aliphatic rings. The zero-order valence-corrected chi connectivity index (χ0v) is 26.6. The van der Waals surface area contributed by atoms with Gasteiger partial charge >= 0.3 is 0 Å². The van der Waals surface area contributed by atoms with Crippen LogP contribution < -0.4 is 11.1 Å². The zero-order valence-electron chi connectivity index (χ0n) is 26.6. The molecule has 1 aromatic rings. The lowest BCUT2D eigenvalue weighted by atomic mass is 9.97. The van der Waals surface area contributed by atoms with Gasteiger partial charge in [-0.3, -0.25) is 4.79 Å². The molecule has 0 radical (unpaired) electrons. The Hall–Kier alpha value is -1.71. The summed E-state index contributed by atoms with van der Waals surface area (Å²) in [6, 6.07) is 9.13. The summed E-state index contributed by atoms with van der Waals surface area (Å²) in [5.74, 6) is 0.0542. The first kappa shape index (κ1) is 36.5. The second-order valence-corrected chi connectivity index (χ2v) is 12.0. The quantitative estimate of drug-likeness (QED) is 0.109. The number of methoxy groups -OCH3 is 1. The molecule has 242 valence electrons. The smallest absolute Gasteiger partial charge is 0.222 e. The standard InChI is InChI=1S/C34H61N3O5/c1-3-4-5-6-7-8-9-10-11-12-13-14-15-16-20-24-30(38)37(26-21-25-36-28-22-18-17-19-23-28)27-29-32(39)33(40)31(35)34(41-2)42-29/h17-19,22-23,29,31-34,36,39-40H,3-16,20-21,24-27,35H2,1-2H3/t29-,31+,32-,33-,34+/m1/s1. The molecule has 42 heavy (non-hydrogen) atoms. The summed E-state index contributed by atoms with van der Waals surface area (Å²) in [6.07, 6.45) is 16.6. The Bertz CT molecular complexity index is 797. The van der Waals surface area contributed by atoms with E-state index in [4.69, 9.17) is 15.2 Å². The molecule has 5 N–H and O–H groups in total. The fraction of sp³-hybridized carbons (Fsp3) is 0.794. The van der Waals surface area contributed by atoms with Crippen molar-refractivity contribution < 1.29 is 24.5 Å². The van der Waals surface area contributed by atoms with Gasteiger partial charge in [0.15, 0.2) is 6.29 Å². The van der Waals surface area contributed by atoms with Crippen LogP contribution in [-0.4, -0.2) is 78.4 Å². The molecule has 0 aromatic heterocycles. The minimum absolute atomic E-state index is 0.0542. The lowest BCUT2D eigenvalue weighted by Crippen LogP contribution is -2.63. The average Bonchev–Trinajstić information content (AvgIpc) is 3.01. The number of nitrogens with one attached hydrogen (secondary N) is 1. The van der Waals surface area contributed by atoms with Gasteiger partial charge in [0.05, 0.1) is 6.04 Å². The van der Waals surface area contributed by atoms with Gasteiger partial charge in [-0.2, -0.15) is 0 Å². The lowest BCUT2D eigenvalue weighted by Gasteiger charge is -2.42. The predicted molar refractivity (Wildman–Crippen MR) is 171 cm³/mol. The first-order chi connectivity index (χ1) is 20.5. The second-order valence-electron chi connectivity index (χ2n) is 12.0. The third-order valence-corrected chi connectivity index (χ3v) is 8.44.